The molecule has 176 valence electrons. The molecule has 8 nitrogen and oxygen atoms in total. The Balaban J connectivity index is 2.11. The molecule has 0 aliphatic carbocycles. The summed E-state index contributed by atoms with van der Waals surface area (Å²) in [4.78, 5) is 41.6. The molecule has 3 rings (SSSR count). The molecule has 2 amide bonds. The number of rotatable bonds is 7. The number of amides is 2. The van der Waals surface area contributed by atoms with Crippen molar-refractivity contribution in [3.8, 4) is 0 Å². The van der Waals surface area contributed by atoms with Crippen LogP contribution in [0.1, 0.15) is 54.4 Å². The minimum Gasteiger partial charge on any atom is -0.466 e. The first kappa shape index (κ1) is 24.5. The fourth-order valence-electron chi connectivity index (χ4n) is 5.48. The molecular weight excluding hydrogens is 468 g/mol. The van der Waals surface area contributed by atoms with Gasteiger partial charge in [-0.1, -0.05) is 36.2 Å². The van der Waals surface area contributed by atoms with E-state index < -0.39 is 47.1 Å². The number of carbonyl (C=O) groups excluding carboxylic acids is 3. The number of fused-ring (bicyclic) bond motifs is 1. The van der Waals surface area contributed by atoms with Gasteiger partial charge in [0.05, 0.1) is 37.2 Å². The standard InChI is InChI=1S/C22H35BrN2O6/c1-7-11(3)13(10-26)25-17(18(27)24-21(4,5)6)22-9-12(23)16(31-22)14(15(22)19(25)28)20(29)30-8-2/h11-17,26H,7-10H2,1-6H3,(H,24,27)/t11-,12?,13-,14-,15+,16-,17-,22+/m0/s1. The summed E-state index contributed by atoms with van der Waals surface area (Å²) in [6, 6.07) is -1.48. The van der Waals surface area contributed by atoms with E-state index in [1.54, 1.807) is 6.92 Å². The maximum Gasteiger partial charge on any atom is 0.312 e. The van der Waals surface area contributed by atoms with Crippen molar-refractivity contribution in [1.29, 1.82) is 0 Å². The highest BCUT2D eigenvalue weighted by molar-refractivity contribution is 9.09. The van der Waals surface area contributed by atoms with Crippen molar-refractivity contribution >= 4 is 33.7 Å². The monoisotopic (exact) mass is 502 g/mol. The zero-order valence-electron chi connectivity index (χ0n) is 19.2. The van der Waals surface area contributed by atoms with E-state index in [1.165, 1.54) is 4.90 Å². The van der Waals surface area contributed by atoms with Crippen LogP contribution in [-0.4, -0.2) is 75.2 Å². The number of ether oxygens (including phenoxy) is 2. The second-order valence-electron chi connectivity index (χ2n) is 10.0. The molecule has 2 bridgehead atoms. The average Bonchev–Trinajstić information content (AvgIpc) is 3.25. The molecule has 8 atom stereocenters. The smallest absolute Gasteiger partial charge is 0.312 e. The molecule has 0 aromatic rings. The number of carbonyl (C=O) groups is 3. The van der Waals surface area contributed by atoms with Gasteiger partial charge in [-0.25, -0.2) is 0 Å². The molecule has 0 saturated carbocycles. The van der Waals surface area contributed by atoms with Crippen molar-refractivity contribution in [2.75, 3.05) is 13.2 Å². The maximum absolute atomic E-state index is 13.8. The van der Waals surface area contributed by atoms with E-state index in [1.807, 2.05) is 34.6 Å². The molecule has 3 heterocycles. The Labute approximate surface area is 192 Å². The van der Waals surface area contributed by atoms with Gasteiger partial charge in [-0.3, -0.25) is 14.4 Å². The van der Waals surface area contributed by atoms with E-state index >= 15 is 0 Å². The van der Waals surface area contributed by atoms with E-state index in [9.17, 15) is 19.5 Å². The summed E-state index contributed by atoms with van der Waals surface area (Å²) in [5.41, 5.74) is -1.65. The minimum absolute atomic E-state index is 0.0351. The predicted octanol–water partition coefficient (Wildman–Crippen LogP) is 1.62. The molecule has 1 unspecified atom stereocenters. The Morgan fingerprint density at radius 1 is 1.39 bits per heavy atom. The van der Waals surface area contributed by atoms with E-state index in [0.717, 1.165) is 6.42 Å². The number of nitrogens with one attached hydrogen (secondary N) is 1. The molecule has 0 aromatic carbocycles. The van der Waals surface area contributed by atoms with E-state index in [0.29, 0.717) is 6.42 Å². The van der Waals surface area contributed by atoms with Gasteiger partial charge in [-0.2, -0.15) is 0 Å². The van der Waals surface area contributed by atoms with Gasteiger partial charge in [0.25, 0.3) is 0 Å². The molecule has 2 N–H and O–H groups in total. The van der Waals surface area contributed by atoms with Crippen LogP contribution in [0.25, 0.3) is 0 Å². The Morgan fingerprint density at radius 3 is 2.55 bits per heavy atom. The number of hydrogen-bond acceptors (Lipinski definition) is 6. The Hall–Kier alpha value is -1.19. The highest BCUT2D eigenvalue weighted by atomic mass is 79.9. The molecule has 0 radical (unpaired) electrons. The van der Waals surface area contributed by atoms with Crippen molar-refractivity contribution in [2.24, 2.45) is 17.8 Å². The highest BCUT2D eigenvalue weighted by Crippen LogP contribution is 2.60. The average molecular weight is 503 g/mol. The first-order chi connectivity index (χ1) is 14.4. The molecule has 3 saturated heterocycles. The Morgan fingerprint density at radius 2 is 2.03 bits per heavy atom. The first-order valence-electron chi connectivity index (χ1n) is 11.2. The predicted molar refractivity (Wildman–Crippen MR) is 117 cm³/mol. The number of likely N-dealkylation sites (tertiary alicyclic amines) is 1. The van der Waals surface area contributed by atoms with Gasteiger partial charge in [-0.05, 0) is 40.0 Å². The molecule has 3 aliphatic rings. The molecule has 9 heteroatoms. The fourth-order valence-corrected chi connectivity index (χ4v) is 6.43. The lowest BCUT2D eigenvalue weighted by Crippen LogP contribution is -2.61. The van der Waals surface area contributed by atoms with Crippen LogP contribution in [0, 0.1) is 17.8 Å². The number of alkyl halides is 1. The Bertz CT molecular complexity index is 740. The third-order valence-corrected chi connectivity index (χ3v) is 7.72. The van der Waals surface area contributed by atoms with Crippen molar-refractivity contribution in [3.05, 3.63) is 0 Å². The zero-order valence-corrected chi connectivity index (χ0v) is 20.8. The summed E-state index contributed by atoms with van der Waals surface area (Å²) >= 11 is 3.62. The van der Waals surface area contributed by atoms with Crippen molar-refractivity contribution in [1.82, 2.24) is 10.2 Å². The number of aliphatic hydroxyl groups is 1. The van der Waals surface area contributed by atoms with Gasteiger partial charge in [-0.15, -0.1) is 0 Å². The van der Waals surface area contributed by atoms with Crippen LogP contribution in [-0.2, 0) is 23.9 Å². The van der Waals surface area contributed by atoms with Gasteiger partial charge >= 0.3 is 5.97 Å². The Kier molecular flexibility index (Phi) is 6.81. The molecular formula is C22H35BrN2O6. The molecule has 0 aromatic heterocycles. The normalized spacial score (nSPS) is 36.3. The number of aliphatic hydroxyl groups excluding tert-OH is 1. The second-order valence-corrected chi connectivity index (χ2v) is 11.2. The van der Waals surface area contributed by atoms with Crippen LogP contribution in [0.15, 0.2) is 0 Å². The van der Waals surface area contributed by atoms with Crippen LogP contribution in [0.4, 0.5) is 0 Å². The van der Waals surface area contributed by atoms with Crippen LogP contribution < -0.4 is 5.32 Å². The van der Waals surface area contributed by atoms with Crippen molar-refractivity contribution in [3.63, 3.8) is 0 Å². The maximum atomic E-state index is 13.8. The summed E-state index contributed by atoms with van der Waals surface area (Å²) < 4.78 is 11.7. The van der Waals surface area contributed by atoms with Crippen LogP contribution in [0.2, 0.25) is 0 Å². The lowest BCUT2D eigenvalue weighted by atomic mass is 9.70. The SMILES string of the molecule is CCOC(=O)[C@@H]1[C@H]2O[C@@]3(CC2Br)[C@H](C(=O)NC(C)(C)C)N([C@@H](CO)[C@@H](C)CC)C(=O)[C@@H]13. The van der Waals surface area contributed by atoms with Gasteiger partial charge in [0.2, 0.25) is 11.8 Å². The second kappa shape index (κ2) is 8.63. The van der Waals surface area contributed by atoms with Crippen LogP contribution in [0.3, 0.4) is 0 Å². The van der Waals surface area contributed by atoms with Crippen LogP contribution >= 0.6 is 15.9 Å². The highest BCUT2D eigenvalue weighted by Gasteiger charge is 2.77. The first-order valence-corrected chi connectivity index (χ1v) is 12.1. The summed E-state index contributed by atoms with van der Waals surface area (Å²) in [5.74, 6) is -2.73. The largest absolute Gasteiger partial charge is 0.466 e. The van der Waals surface area contributed by atoms with Gasteiger partial charge in [0.15, 0.2) is 0 Å². The molecule has 3 aliphatic heterocycles. The summed E-state index contributed by atoms with van der Waals surface area (Å²) in [6.45, 7) is 11.2. The topological polar surface area (TPSA) is 105 Å². The number of hydrogen-bond donors (Lipinski definition) is 2. The number of esters is 1. The van der Waals surface area contributed by atoms with E-state index in [-0.39, 0.29) is 35.8 Å². The van der Waals surface area contributed by atoms with Gasteiger partial charge in [0.1, 0.15) is 11.6 Å². The van der Waals surface area contributed by atoms with Gasteiger partial charge in [0, 0.05) is 10.4 Å². The zero-order chi connectivity index (χ0) is 23.3. The number of nitrogens with zero attached hydrogens (tertiary/aromatic N) is 1. The lowest BCUT2D eigenvalue weighted by Gasteiger charge is -2.40. The van der Waals surface area contributed by atoms with E-state index in [4.69, 9.17) is 9.47 Å². The summed E-state index contributed by atoms with van der Waals surface area (Å²) in [5, 5.41) is 13.2. The summed E-state index contributed by atoms with van der Waals surface area (Å²) in [7, 11) is 0. The summed E-state index contributed by atoms with van der Waals surface area (Å²) in [6.07, 6.45) is 0.629. The fraction of sp³-hybridized carbons (Fsp3) is 0.864. The van der Waals surface area contributed by atoms with E-state index in [2.05, 4.69) is 21.2 Å². The quantitative estimate of drug-likeness (QED) is 0.404. The van der Waals surface area contributed by atoms with Crippen molar-refractivity contribution < 1.29 is 29.0 Å². The molecule has 31 heavy (non-hydrogen) atoms. The van der Waals surface area contributed by atoms with Gasteiger partial charge < -0.3 is 24.8 Å². The lowest BCUT2D eigenvalue weighted by molar-refractivity contribution is -0.155. The third-order valence-electron chi connectivity index (χ3n) is 6.88. The minimum atomic E-state index is -1.14. The van der Waals surface area contributed by atoms with Crippen molar-refractivity contribution in [2.45, 2.75) is 88.5 Å². The number of halogens is 1. The molecule has 3 fully saturated rings. The van der Waals surface area contributed by atoms with Crippen LogP contribution in [0.5, 0.6) is 0 Å². The molecule has 1 spiro atoms. The third kappa shape index (κ3) is 3.91.